The number of aromatic nitrogens is 1. The standard InChI is InChI=1S/C11H11N.C2H6/c1-8-3-6-11-10(7-8)5-4-9(2)12-11;1-2/h3-7H,1-2H3;1-2H3. The molecule has 74 valence electrons. The second kappa shape index (κ2) is 4.75. The van der Waals surface area contributed by atoms with Crippen LogP contribution in [0, 0.1) is 13.8 Å². The minimum atomic E-state index is 1.08. The average molecular weight is 187 g/mol. The summed E-state index contributed by atoms with van der Waals surface area (Å²) in [6.07, 6.45) is 0. The van der Waals surface area contributed by atoms with E-state index in [2.05, 4.69) is 36.2 Å². The summed E-state index contributed by atoms with van der Waals surface area (Å²) < 4.78 is 0. The van der Waals surface area contributed by atoms with Crippen LogP contribution in [0.1, 0.15) is 25.1 Å². The quantitative estimate of drug-likeness (QED) is 0.610. The highest BCUT2D eigenvalue weighted by atomic mass is 14.7. The molecular formula is C13H17N. The van der Waals surface area contributed by atoms with E-state index >= 15 is 0 Å². The van der Waals surface area contributed by atoms with Crippen LogP contribution in [-0.2, 0) is 0 Å². The largest absolute Gasteiger partial charge is 0.253 e. The van der Waals surface area contributed by atoms with Crippen molar-refractivity contribution in [1.29, 1.82) is 0 Å². The van der Waals surface area contributed by atoms with Crippen molar-refractivity contribution in [2.75, 3.05) is 0 Å². The third-order valence-corrected chi connectivity index (χ3v) is 1.98. The van der Waals surface area contributed by atoms with Crippen molar-refractivity contribution in [2.45, 2.75) is 27.7 Å². The predicted octanol–water partition coefficient (Wildman–Crippen LogP) is 3.88. The number of pyridine rings is 1. The average Bonchev–Trinajstić information content (AvgIpc) is 2.21. The molecule has 0 saturated carbocycles. The molecule has 1 aromatic heterocycles. The molecule has 0 fully saturated rings. The molecule has 1 heteroatoms. The zero-order valence-corrected chi connectivity index (χ0v) is 9.33. The zero-order chi connectivity index (χ0) is 10.6. The van der Waals surface area contributed by atoms with Gasteiger partial charge in [0.05, 0.1) is 5.52 Å². The van der Waals surface area contributed by atoms with E-state index in [1.807, 2.05) is 26.8 Å². The lowest BCUT2D eigenvalue weighted by atomic mass is 10.1. The SMILES string of the molecule is CC.Cc1ccc2nc(C)ccc2c1. The van der Waals surface area contributed by atoms with Crippen molar-refractivity contribution in [1.82, 2.24) is 4.98 Å². The van der Waals surface area contributed by atoms with Crippen molar-refractivity contribution in [2.24, 2.45) is 0 Å². The number of rotatable bonds is 0. The lowest BCUT2D eigenvalue weighted by Crippen LogP contribution is -1.82. The molecule has 0 unspecified atom stereocenters. The van der Waals surface area contributed by atoms with Gasteiger partial charge in [-0.15, -0.1) is 0 Å². The number of nitrogens with zero attached hydrogens (tertiary/aromatic N) is 1. The highest BCUT2D eigenvalue weighted by Crippen LogP contribution is 2.13. The second-order valence-corrected chi connectivity index (χ2v) is 3.15. The summed E-state index contributed by atoms with van der Waals surface area (Å²) in [5, 5.41) is 1.22. The Morgan fingerprint density at radius 2 is 1.64 bits per heavy atom. The first-order valence-corrected chi connectivity index (χ1v) is 5.10. The van der Waals surface area contributed by atoms with E-state index in [4.69, 9.17) is 0 Å². The lowest BCUT2D eigenvalue weighted by Gasteiger charge is -1.99. The molecule has 1 nitrogen and oxygen atoms in total. The van der Waals surface area contributed by atoms with Gasteiger partial charge in [0.25, 0.3) is 0 Å². The highest BCUT2D eigenvalue weighted by molar-refractivity contribution is 5.79. The summed E-state index contributed by atoms with van der Waals surface area (Å²) in [6.45, 7) is 8.11. The van der Waals surface area contributed by atoms with Gasteiger partial charge in [-0.1, -0.05) is 31.5 Å². The second-order valence-electron chi connectivity index (χ2n) is 3.15. The molecule has 2 aromatic rings. The van der Waals surface area contributed by atoms with Crippen LogP contribution < -0.4 is 0 Å². The maximum Gasteiger partial charge on any atom is 0.0705 e. The Morgan fingerprint density at radius 3 is 2.36 bits per heavy atom. The van der Waals surface area contributed by atoms with Crippen molar-refractivity contribution in [3.8, 4) is 0 Å². The molecule has 1 aromatic carbocycles. The number of aryl methyl sites for hydroxylation is 2. The van der Waals surface area contributed by atoms with E-state index in [9.17, 15) is 0 Å². The number of benzene rings is 1. The Kier molecular flexibility index (Phi) is 3.63. The summed E-state index contributed by atoms with van der Waals surface area (Å²) in [4.78, 5) is 4.42. The van der Waals surface area contributed by atoms with Crippen molar-refractivity contribution in [3.05, 3.63) is 41.6 Å². The van der Waals surface area contributed by atoms with E-state index in [0.29, 0.717) is 0 Å². The Balaban J connectivity index is 0.000000461. The molecule has 0 aliphatic carbocycles. The monoisotopic (exact) mass is 187 g/mol. The van der Waals surface area contributed by atoms with Crippen LogP contribution in [0.4, 0.5) is 0 Å². The smallest absolute Gasteiger partial charge is 0.0705 e. The zero-order valence-electron chi connectivity index (χ0n) is 9.33. The van der Waals surface area contributed by atoms with Gasteiger partial charge in [0.15, 0.2) is 0 Å². The molecule has 0 saturated heterocycles. The summed E-state index contributed by atoms with van der Waals surface area (Å²) >= 11 is 0. The minimum absolute atomic E-state index is 1.08. The van der Waals surface area contributed by atoms with Crippen LogP contribution in [0.2, 0.25) is 0 Å². The van der Waals surface area contributed by atoms with Crippen molar-refractivity contribution < 1.29 is 0 Å². The molecule has 0 amide bonds. The molecule has 0 bridgehead atoms. The van der Waals surface area contributed by atoms with Crippen LogP contribution in [0.5, 0.6) is 0 Å². The van der Waals surface area contributed by atoms with Gasteiger partial charge in [-0.25, -0.2) is 0 Å². The predicted molar refractivity (Wildman–Crippen MR) is 62.6 cm³/mol. The topological polar surface area (TPSA) is 12.9 Å². The Bertz CT molecular complexity index is 377. The summed E-state index contributed by atoms with van der Waals surface area (Å²) in [7, 11) is 0. The van der Waals surface area contributed by atoms with E-state index in [1.165, 1.54) is 10.9 Å². The number of hydrogen-bond acceptors (Lipinski definition) is 1. The van der Waals surface area contributed by atoms with Gasteiger partial charge in [-0.3, -0.25) is 4.98 Å². The van der Waals surface area contributed by atoms with Crippen LogP contribution >= 0.6 is 0 Å². The molecule has 0 aliphatic heterocycles. The van der Waals surface area contributed by atoms with E-state index in [-0.39, 0.29) is 0 Å². The number of hydrogen-bond donors (Lipinski definition) is 0. The maximum absolute atomic E-state index is 4.42. The molecule has 1 heterocycles. The summed E-state index contributed by atoms with van der Waals surface area (Å²) in [6, 6.07) is 10.5. The van der Waals surface area contributed by atoms with Crippen LogP contribution in [0.15, 0.2) is 30.3 Å². The minimum Gasteiger partial charge on any atom is -0.253 e. The fraction of sp³-hybridized carbons (Fsp3) is 0.308. The highest BCUT2D eigenvalue weighted by Gasteiger charge is 1.94. The summed E-state index contributed by atoms with van der Waals surface area (Å²) in [5.41, 5.74) is 3.44. The Labute approximate surface area is 85.8 Å². The van der Waals surface area contributed by atoms with Gasteiger partial charge < -0.3 is 0 Å². The first-order chi connectivity index (χ1) is 6.75. The first kappa shape index (κ1) is 10.7. The third-order valence-electron chi connectivity index (χ3n) is 1.98. The van der Waals surface area contributed by atoms with Gasteiger partial charge in [-0.05, 0) is 32.0 Å². The van der Waals surface area contributed by atoms with Crippen LogP contribution in [-0.4, -0.2) is 4.98 Å². The van der Waals surface area contributed by atoms with E-state index in [1.54, 1.807) is 0 Å². The van der Waals surface area contributed by atoms with Crippen LogP contribution in [0.25, 0.3) is 10.9 Å². The van der Waals surface area contributed by atoms with Gasteiger partial charge in [0, 0.05) is 11.1 Å². The maximum atomic E-state index is 4.42. The van der Waals surface area contributed by atoms with E-state index < -0.39 is 0 Å². The van der Waals surface area contributed by atoms with Crippen molar-refractivity contribution in [3.63, 3.8) is 0 Å². The molecular weight excluding hydrogens is 170 g/mol. The molecule has 0 spiro atoms. The normalized spacial score (nSPS) is 9.43. The molecule has 0 atom stereocenters. The Morgan fingerprint density at radius 1 is 0.929 bits per heavy atom. The fourth-order valence-corrected chi connectivity index (χ4v) is 1.35. The van der Waals surface area contributed by atoms with Gasteiger partial charge in [0.2, 0.25) is 0 Å². The third kappa shape index (κ3) is 2.32. The van der Waals surface area contributed by atoms with Crippen molar-refractivity contribution >= 4 is 10.9 Å². The van der Waals surface area contributed by atoms with Gasteiger partial charge in [-0.2, -0.15) is 0 Å². The van der Waals surface area contributed by atoms with Gasteiger partial charge >= 0.3 is 0 Å². The Hall–Kier alpha value is -1.37. The molecule has 0 aliphatic rings. The molecule has 0 radical (unpaired) electrons. The fourth-order valence-electron chi connectivity index (χ4n) is 1.35. The first-order valence-electron chi connectivity index (χ1n) is 5.10. The van der Waals surface area contributed by atoms with E-state index in [0.717, 1.165) is 11.2 Å². The lowest BCUT2D eigenvalue weighted by molar-refractivity contribution is 1.25. The number of fused-ring (bicyclic) bond motifs is 1. The molecule has 2 rings (SSSR count). The molecule has 0 N–H and O–H groups in total. The summed E-state index contributed by atoms with van der Waals surface area (Å²) in [5.74, 6) is 0. The van der Waals surface area contributed by atoms with Gasteiger partial charge in [0.1, 0.15) is 0 Å². The van der Waals surface area contributed by atoms with Crippen LogP contribution in [0.3, 0.4) is 0 Å². The molecule has 14 heavy (non-hydrogen) atoms.